The molecule has 1 atom stereocenters. The van der Waals surface area contributed by atoms with E-state index in [1.807, 2.05) is 4.68 Å². The maximum Gasteiger partial charge on any atom is 0.0725 e. The molecule has 0 spiro atoms. The largest absolute Gasteiger partial charge is 0.326 e. The summed E-state index contributed by atoms with van der Waals surface area (Å²) in [5.41, 5.74) is 6.80. The molecule has 2 heterocycles. The first-order valence-electron chi connectivity index (χ1n) is 2.99. The van der Waals surface area contributed by atoms with Crippen molar-refractivity contribution in [2.45, 2.75) is 19.0 Å². The molecule has 0 saturated carbocycles. The second kappa shape index (κ2) is 1.54. The summed E-state index contributed by atoms with van der Waals surface area (Å²) in [6, 6.07) is 0.260. The van der Waals surface area contributed by atoms with E-state index in [9.17, 15) is 0 Å². The fourth-order valence-electron chi connectivity index (χ4n) is 1.15. The minimum Gasteiger partial charge on any atom is -0.326 e. The van der Waals surface area contributed by atoms with Crippen LogP contribution in [0.15, 0.2) is 6.20 Å². The highest BCUT2D eigenvalue weighted by atomic mass is 15.4. The first kappa shape index (κ1) is 4.93. The Morgan fingerprint density at radius 1 is 1.78 bits per heavy atom. The van der Waals surface area contributed by atoms with Crippen LogP contribution in [-0.4, -0.2) is 21.0 Å². The van der Waals surface area contributed by atoms with Crippen LogP contribution in [0, 0.1) is 0 Å². The van der Waals surface area contributed by atoms with E-state index in [-0.39, 0.29) is 6.04 Å². The van der Waals surface area contributed by atoms with E-state index in [4.69, 9.17) is 5.73 Å². The van der Waals surface area contributed by atoms with E-state index in [0.717, 1.165) is 18.7 Å². The molecule has 4 heteroatoms. The van der Waals surface area contributed by atoms with Gasteiger partial charge in [0.2, 0.25) is 0 Å². The zero-order chi connectivity index (χ0) is 6.27. The Morgan fingerprint density at radius 2 is 2.67 bits per heavy atom. The SMILES string of the molecule is NC1Cc2cnnn2C1. The summed E-state index contributed by atoms with van der Waals surface area (Å²) in [5.74, 6) is 0. The van der Waals surface area contributed by atoms with Crippen molar-refractivity contribution in [3.8, 4) is 0 Å². The Bertz CT molecular complexity index is 196. The van der Waals surface area contributed by atoms with Gasteiger partial charge < -0.3 is 5.73 Å². The summed E-state index contributed by atoms with van der Waals surface area (Å²) < 4.78 is 1.85. The van der Waals surface area contributed by atoms with Crippen molar-refractivity contribution in [2.24, 2.45) is 5.73 Å². The Hall–Kier alpha value is -0.900. The highest BCUT2D eigenvalue weighted by Crippen LogP contribution is 2.08. The maximum absolute atomic E-state index is 5.64. The molecule has 2 N–H and O–H groups in total. The number of fused-ring (bicyclic) bond motifs is 1. The molecule has 0 fully saturated rings. The Morgan fingerprint density at radius 3 is 3.44 bits per heavy atom. The van der Waals surface area contributed by atoms with Gasteiger partial charge in [0.25, 0.3) is 0 Å². The Kier molecular flexibility index (Phi) is 0.843. The molecule has 1 aliphatic rings. The average Bonchev–Trinajstić information content (AvgIpc) is 2.22. The van der Waals surface area contributed by atoms with Crippen LogP contribution in [0.25, 0.3) is 0 Å². The molecule has 0 bridgehead atoms. The van der Waals surface area contributed by atoms with E-state index in [1.54, 1.807) is 6.20 Å². The molecular weight excluding hydrogens is 116 g/mol. The molecular formula is C5H8N4. The fourth-order valence-corrected chi connectivity index (χ4v) is 1.15. The lowest BCUT2D eigenvalue weighted by Crippen LogP contribution is -2.21. The molecule has 1 unspecified atom stereocenters. The van der Waals surface area contributed by atoms with Crippen LogP contribution in [0.4, 0.5) is 0 Å². The van der Waals surface area contributed by atoms with Crippen LogP contribution < -0.4 is 5.73 Å². The second-order valence-electron chi connectivity index (χ2n) is 2.37. The number of aromatic nitrogens is 3. The third-order valence-electron chi connectivity index (χ3n) is 1.58. The minimum absolute atomic E-state index is 0.260. The van der Waals surface area contributed by atoms with Crippen molar-refractivity contribution in [1.82, 2.24) is 15.0 Å². The number of nitrogens with zero attached hydrogens (tertiary/aromatic N) is 3. The first-order chi connectivity index (χ1) is 4.36. The maximum atomic E-state index is 5.64. The lowest BCUT2D eigenvalue weighted by atomic mass is 10.2. The van der Waals surface area contributed by atoms with E-state index >= 15 is 0 Å². The van der Waals surface area contributed by atoms with Crippen molar-refractivity contribution in [2.75, 3.05) is 0 Å². The van der Waals surface area contributed by atoms with Gasteiger partial charge in [-0.25, -0.2) is 4.68 Å². The Labute approximate surface area is 52.7 Å². The summed E-state index contributed by atoms with van der Waals surface area (Å²) in [4.78, 5) is 0. The molecule has 1 aliphatic heterocycles. The third kappa shape index (κ3) is 0.632. The lowest BCUT2D eigenvalue weighted by Gasteiger charge is -1.94. The summed E-state index contributed by atoms with van der Waals surface area (Å²) in [6.07, 6.45) is 2.69. The van der Waals surface area contributed by atoms with Crippen molar-refractivity contribution < 1.29 is 0 Å². The van der Waals surface area contributed by atoms with Crippen LogP contribution in [0.1, 0.15) is 5.69 Å². The summed E-state index contributed by atoms with van der Waals surface area (Å²) in [5, 5.41) is 7.57. The predicted molar refractivity (Wildman–Crippen MR) is 31.7 cm³/mol. The van der Waals surface area contributed by atoms with E-state index in [1.165, 1.54) is 0 Å². The molecule has 0 radical (unpaired) electrons. The zero-order valence-corrected chi connectivity index (χ0v) is 4.99. The number of nitrogens with two attached hydrogens (primary N) is 1. The highest BCUT2D eigenvalue weighted by Gasteiger charge is 2.17. The van der Waals surface area contributed by atoms with Gasteiger partial charge in [0.15, 0.2) is 0 Å². The van der Waals surface area contributed by atoms with Gasteiger partial charge in [-0.05, 0) is 0 Å². The molecule has 0 saturated heterocycles. The molecule has 9 heavy (non-hydrogen) atoms. The molecule has 48 valence electrons. The van der Waals surface area contributed by atoms with Gasteiger partial charge in [-0.1, -0.05) is 5.21 Å². The molecule has 0 amide bonds. The third-order valence-corrected chi connectivity index (χ3v) is 1.58. The van der Waals surface area contributed by atoms with E-state index in [0.29, 0.717) is 0 Å². The van der Waals surface area contributed by atoms with Crippen molar-refractivity contribution in [3.63, 3.8) is 0 Å². The highest BCUT2D eigenvalue weighted by molar-refractivity contribution is 5.02. The average molecular weight is 124 g/mol. The molecule has 1 aromatic rings. The number of hydrogen-bond donors (Lipinski definition) is 1. The lowest BCUT2D eigenvalue weighted by molar-refractivity contribution is 0.569. The quantitative estimate of drug-likeness (QED) is 0.490. The summed E-state index contributed by atoms with van der Waals surface area (Å²) in [6.45, 7) is 0.829. The predicted octanol–water partition coefficient (Wildman–Crippen LogP) is -0.839. The summed E-state index contributed by atoms with van der Waals surface area (Å²) in [7, 11) is 0. The topological polar surface area (TPSA) is 56.7 Å². The van der Waals surface area contributed by atoms with E-state index < -0.39 is 0 Å². The van der Waals surface area contributed by atoms with Gasteiger partial charge in [0.1, 0.15) is 0 Å². The van der Waals surface area contributed by atoms with Crippen LogP contribution in [0.3, 0.4) is 0 Å². The smallest absolute Gasteiger partial charge is 0.0725 e. The van der Waals surface area contributed by atoms with Crippen molar-refractivity contribution in [3.05, 3.63) is 11.9 Å². The van der Waals surface area contributed by atoms with E-state index in [2.05, 4.69) is 10.3 Å². The first-order valence-corrected chi connectivity index (χ1v) is 2.99. The molecule has 0 aromatic carbocycles. The molecule has 4 nitrogen and oxygen atoms in total. The van der Waals surface area contributed by atoms with Gasteiger partial charge in [-0.3, -0.25) is 0 Å². The van der Waals surface area contributed by atoms with Crippen molar-refractivity contribution in [1.29, 1.82) is 0 Å². The normalized spacial score (nSPS) is 24.3. The second-order valence-corrected chi connectivity index (χ2v) is 2.37. The molecule has 2 rings (SSSR count). The fraction of sp³-hybridized carbons (Fsp3) is 0.600. The number of hydrogen-bond acceptors (Lipinski definition) is 3. The van der Waals surface area contributed by atoms with Crippen LogP contribution in [0.2, 0.25) is 0 Å². The minimum atomic E-state index is 0.260. The van der Waals surface area contributed by atoms with Crippen LogP contribution in [-0.2, 0) is 13.0 Å². The summed E-state index contributed by atoms with van der Waals surface area (Å²) >= 11 is 0. The van der Waals surface area contributed by atoms with Gasteiger partial charge in [-0.15, -0.1) is 5.10 Å². The van der Waals surface area contributed by atoms with Gasteiger partial charge in [-0.2, -0.15) is 0 Å². The zero-order valence-electron chi connectivity index (χ0n) is 4.99. The van der Waals surface area contributed by atoms with Crippen LogP contribution >= 0.6 is 0 Å². The monoisotopic (exact) mass is 124 g/mol. The molecule has 0 aliphatic carbocycles. The number of rotatable bonds is 0. The Balaban J connectivity index is 2.39. The molecule has 1 aromatic heterocycles. The standard InChI is InChI=1S/C5H8N4/c6-4-1-5-2-7-8-9(5)3-4/h2,4H,1,3,6H2. The van der Waals surface area contributed by atoms with Crippen LogP contribution in [0.5, 0.6) is 0 Å². The van der Waals surface area contributed by atoms with Gasteiger partial charge >= 0.3 is 0 Å². The van der Waals surface area contributed by atoms with Crippen molar-refractivity contribution >= 4 is 0 Å². The van der Waals surface area contributed by atoms with Gasteiger partial charge in [0.05, 0.1) is 18.4 Å². The van der Waals surface area contributed by atoms with Gasteiger partial charge in [0, 0.05) is 12.5 Å².